The predicted molar refractivity (Wildman–Crippen MR) is 68.9 cm³/mol. The van der Waals surface area contributed by atoms with Crippen molar-refractivity contribution in [2.45, 2.75) is 25.0 Å². The number of amides is 1. The lowest BCUT2D eigenvalue weighted by molar-refractivity contribution is -0.143. The molecule has 2 atom stereocenters. The maximum Gasteiger partial charge on any atom is 0.330 e. The van der Waals surface area contributed by atoms with E-state index >= 15 is 0 Å². The number of halogens is 1. The van der Waals surface area contributed by atoms with E-state index in [4.69, 9.17) is 16.3 Å². The minimum atomic E-state index is -1.12. The SMILES string of the molecule is O=C(NC(C(=O)O)c1ccc(Cl)cc1)C1CCCO1. The lowest BCUT2D eigenvalue weighted by Crippen LogP contribution is -2.40. The van der Waals surface area contributed by atoms with E-state index in [1.807, 2.05) is 0 Å². The second-order valence-corrected chi connectivity index (χ2v) is 4.77. The fraction of sp³-hybridized carbons (Fsp3) is 0.385. The van der Waals surface area contributed by atoms with E-state index in [2.05, 4.69) is 5.32 Å². The summed E-state index contributed by atoms with van der Waals surface area (Å²) >= 11 is 5.75. The van der Waals surface area contributed by atoms with Crippen LogP contribution in [0.4, 0.5) is 0 Å². The molecule has 1 saturated heterocycles. The summed E-state index contributed by atoms with van der Waals surface area (Å²) in [5.74, 6) is -1.51. The minimum absolute atomic E-state index is 0.389. The molecule has 5 nitrogen and oxygen atoms in total. The van der Waals surface area contributed by atoms with Gasteiger partial charge >= 0.3 is 5.97 Å². The number of carboxylic acids is 1. The third-order valence-corrected chi connectivity index (χ3v) is 3.21. The van der Waals surface area contributed by atoms with Crippen molar-refractivity contribution < 1.29 is 19.4 Å². The van der Waals surface area contributed by atoms with Gasteiger partial charge in [-0.1, -0.05) is 23.7 Å². The number of carbonyl (C=O) groups excluding carboxylic acids is 1. The molecular formula is C13H14ClNO4. The first-order chi connectivity index (χ1) is 9.08. The minimum Gasteiger partial charge on any atom is -0.479 e. The first kappa shape index (κ1) is 13.8. The van der Waals surface area contributed by atoms with E-state index in [1.165, 1.54) is 0 Å². The number of nitrogens with one attached hydrogen (secondary N) is 1. The highest BCUT2D eigenvalue weighted by atomic mass is 35.5. The Balaban J connectivity index is 2.09. The fourth-order valence-electron chi connectivity index (χ4n) is 1.96. The molecular weight excluding hydrogens is 270 g/mol. The van der Waals surface area contributed by atoms with Gasteiger partial charge in [-0.2, -0.15) is 0 Å². The van der Waals surface area contributed by atoms with Gasteiger partial charge in [0.2, 0.25) is 5.91 Å². The topological polar surface area (TPSA) is 75.6 Å². The van der Waals surface area contributed by atoms with Gasteiger partial charge in [-0.3, -0.25) is 4.79 Å². The van der Waals surface area contributed by atoms with Crippen molar-refractivity contribution in [2.24, 2.45) is 0 Å². The van der Waals surface area contributed by atoms with Crippen LogP contribution in [0.5, 0.6) is 0 Å². The van der Waals surface area contributed by atoms with Crippen LogP contribution < -0.4 is 5.32 Å². The summed E-state index contributed by atoms with van der Waals surface area (Å²) in [5, 5.41) is 12.2. The predicted octanol–water partition coefficient (Wildman–Crippen LogP) is 1.76. The van der Waals surface area contributed by atoms with Crippen LogP contribution in [0.1, 0.15) is 24.4 Å². The van der Waals surface area contributed by atoms with E-state index < -0.39 is 18.1 Å². The van der Waals surface area contributed by atoms with E-state index in [0.29, 0.717) is 23.6 Å². The van der Waals surface area contributed by atoms with Gasteiger partial charge in [-0.25, -0.2) is 4.79 Å². The molecule has 1 heterocycles. The normalized spacial score (nSPS) is 19.9. The van der Waals surface area contributed by atoms with Crippen LogP contribution in [0.3, 0.4) is 0 Å². The zero-order valence-electron chi connectivity index (χ0n) is 10.1. The average molecular weight is 284 g/mol. The summed E-state index contributed by atoms with van der Waals surface area (Å²) in [7, 11) is 0. The number of hydrogen-bond donors (Lipinski definition) is 2. The summed E-state index contributed by atoms with van der Waals surface area (Å²) in [6.45, 7) is 0.538. The van der Waals surface area contributed by atoms with Crippen LogP contribution in [0.25, 0.3) is 0 Å². The molecule has 0 radical (unpaired) electrons. The van der Waals surface area contributed by atoms with Gasteiger partial charge in [0, 0.05) is 11.6 Å². The summed E-state index contributed by atoms with van der Waals surface area (Å²) in [6, 6.07) is 5.25. The van der Waals surface area contributed by atoms with Crippen molar-refractivity contribution in [1.29, 1.82) is 0 Å². The molecule has 2 unspecified atom stereocenters. The van der Waals surface area contributed by atoms with Crippen molar-refractivity contribution in [1.82, 2.24) is 5.32 Å². The number of aliphatic carboxylic acids is 1. The quantitative estimate of drug-likeness (QED) is 0.883. The number of carbonyl (C=O) groups is 2. The molecule has 1 amide bonds. The Bertz CT molecular complexity index is 468. The number of ether oxygens (including phenoxy) is 1. The van der Waals surface area contributed by atoms with Gasteiger partial charge < -0.3 is 15.2 Å². The number of carboxylic acid groups (broad SMARTS) is 1. The van der Waals surface area contributed by atoms with Gasteiger partial charge in [0.1, 0.15) is 6.10 Å². The van der Waals surface area contributed by atoms with Crippen molar-refractivity contribution >= 4 is 23.5 Å². The largest absolute Gasteiger partial charge is 0.479 e. The lowest BCUT2D eigenvalue weighted by atomic mass is 10.1. The maximum absolute atomic E-state index is 11.9. The second kappa shape index (κ2) is 6.04. The highest BCUT2D eigenvalue weighted by Crippen LogP contribution is 2.19. The maximum atomic E-state index is 11.9. The van der Waals surface area contributed by atoms with Crippen molar-refractivity contribution in [2.75, 3.05) is 6.61 Å². The van der Waals surface area contributed by atoms with Gasteiger partial charge in [-0.15, -0.1) is 0 Å². The third-order valence-electron chi connectivity index (χ3n) is 2.96. The second-order valence-electron chi connectivity index (χ2n) is 4.33. The average Bonchev–Trinajstić information content (AvgIpc) is 2.90. The first-order valence-electron chi connectivity index (χ1n) is 5.98. The molecule has 102 valence electrons. The van der Waals surface area contributed by atoms with Gasteiger partial charge in [0.25, 0.3) is 0 Å². The molecule has 0 saturated carbocycles. The number of rotatable bonds is 4. The fourth-order valence-corrected chi connectivity index (χ4v) is 2.09. The van der Waals surface area contributed by atoms with E-state index in [-0.39, 0.29) is 5.91 Å². The van der Waals surface area contributed by atoms with Crippen molar-refractivity contribution in [3.8, 4) is 0 Å². The third kappa shape index (κ3) is 3.45. The molecule has 6 heteroatoms. The Morgan fingerprint density at radius 1 is 1.37 bits per heavy atom. The van der Waals surface area contributed by atoms with Crippen LogP contribution in [-0.2, 0) is 14.3 Å². The Labute approximate surface area is 115 Å². The highest BCUT2D eigenvalue weighted by Gasteiger charge is 2.29. The molecule has 1 fully saturated rings. The molecule has 0 bridgehead atoms. The Morgan fingerprint density at radius 3 is 2.58 bits per heavy atom. The molecule has 0 spiro atoms. The van der Waals surface area contributed by atoms with E-state index in [0.717, 1.165) is 6.42 Å². The monoisotopic (exact) mass is 283 g/mol. The molecule has 1 aliphatic heterocycles. The van der Waals surface area contributed by atoms with Gasteiger partial charge in [0.15, 0.2) is 6.04 Å². The van der Waals surface area contributed by atoms with Crippen LogP contribution in [-0.4, -0.2) is 29.7 Å². The van der Waals surface area contributed by atoms with Crippen LogP contribution >= 0.6 is 11.6 Å². The van der Waals surface area contributed by atoms with E-state index in [9.17, 15) is 14.7 Å². The van der Waals surface area contributed by atoms with Crippen molar-refractivity contribution in [3.05, 3.63) is 34.9 Å². The van der Waals surface area contributed by atoms with Gasteiger partial charge in [0.05, 0.1) is 0 Å². The standard InChI is InChI=1S/C13H14ClNO4/c14-9-5-3-8(4-6-9)11(13(17)18)15-12(16)10-2-1-7-19-10/h3-6,10-11H,1-2,7H2,(H,15,16)(H,17,18). The molecule has 1 aromatic carbocycles. The Hall–Kier alpha value is -1.59. The molecule has 1 aromatic rings. The lowest BCUT2D eigenvalue weighted by Gasteiger charge is -2.17. The zero-order chi connectivity index (χ0) is 13.8. The summed E-state index contributed by atoms with van der Waals surface area (Å²) in [6.07, 6.45) is 0.893. The van der Waals surface area contributed by atoms with Crippen molar-refractivity contribution in [3.63, 3.8) is 0 Å². The Morgan fingerprint density at radius 2 is 2.05 bits per heavy atom. The number of benzene rings is 1. The zero-order valence-corrected chi connectivity index (χ0v) is 10.9. The summed E-state index contributed by atoms with van der Waals surface area (Å²) in [5.41, 5.74) is 0.475. The molecule has 2 rings (SSSR count). The van der Waals surface area contributed by atoms with Gasteiger partial charge in [-0.05, 0) is 30.5 Å². The number of hydrogen-bond acceptors (Lipinski definition) is 3. The molecule has 19 heavy (non-hydrogen) atoms. The van der Waals surface area contributed by atoms with Crippen LogP contribution in [0.2, 0.25) is 5.02 Å². The Kier molecular flexibility index (Phi) is 4.39. The van der Waals surface area contributed by atoms with E-state index in [1.54, 1.807) is 24.3 Å². The smallest absolute Gasteiger partial charge is 0.330 e. The highest BCUT2D eigenvalue weighted by molar-refractivity contribution is 6.30. The first-order valence-corrected chi connectivity index (χ1v) is 6.36. The summed E-state index contributed by atoms with van der Waals surface area (Å²) < 4.78 is 5.22. The molecule has 0 aliphatic carbocycles. The summed E-state index contributed by atoms with van der Waals surface area (Å²) in [4.78, 5) is 23.1. The van der Waals surface area contributed by atoms with Crippen LogP contribution in [0.15, 0.2) is 24.3 Å². The van der Waals surface area contributed by atoms with Crippen LogP contribution in [0, 0.1) is 0 Å². The molecule has 0 aromatic heterocycles. The molecule has 2 N–H and O–H groups in total. The molecule has 1 aliphatic rings.